The second-order valence-corrected chi connectivity index (χ2v) is 6.11. The molecule has 1 N–H and O–H groups in total. The lowest BCUT2D eigenvalue weighted by Gasteiger charge is -2.13. The lowest BCUT2D eigenvalue weighted by Crippen LogP contribution is -2.14. The van der Waals surface area contributed by atoms with Gasteiger partial charge in [0.1, 0.15) is 0 Å². The van der Waals surface area contributed by atoms with Gasteiger partial charge in [0.15, 0.2) is 5.78 Å². The average molecular weight is 334 g/mol. The number of aryl methyl sites for hydroxylation is 3. The number of carbonyl (C=O) groups is 2. The Kier molecular flexibility index (Phi) is 4.23. The number of aromatic carboxylic acids is 1. The van der Waals surface area contributed by atoms with Crippen molar-refractivity contribution in [1.82, 2.24) is 9.55 Å². The average Bonchev–Trinajstić information content (AvgIpc) is 3.08. The predicted molar refractivity (Wildman–Crippen MR) is 94.6 cm³/mol. The lowest BCUT2D eigenvalue weighted by atomic mass is 9.90. The Labute approximate surface area is 145 Å². The van der Waals surface area contributed by atoms with Crippen LogP contribution >= 0.6 is 0 Å². The third-order valence-electron chi connectivity index (χ3n) is 4.21. The number of ketones is 1. The van der Waals surface area contributed by atoms with Gasteiger partial charge in [0, 0.05) is 29.2 Å². The summed E-state index contributed by atoms with van der Waals surface area (Å²) in [6, 6.07) is 8.89. The zero-order valence-electron chi connectivity index (χ0n) is 14.3. The van der Waals surface area contributed by atoms with Crippen LogP contribution in [0.5, 0.6) is 0 Å². The molecule has 1 heterocycles. The highest BCUT2D eigenvalue weighted by Crippen LogP contribution is 2.24. The lowest BCUT2D eigenvalue weighted by molar-refractivity contribution is 0.0692. The van der Waals surface area contributed by atoms with Gasteiger partial charge in [-0.25, -0.2) is 9.78 Å². The van der Waals surface area contributed by atoms with E-state index in [1.807, 2.05) is 32.0 Å². The van der Waals surface area contributed by atoms with E-state index in [1.54, 1.807) is 36.3 Å². The molecule has 0 fully saturated rings. The number of carboxylic acids is 1. The summed E-state index contributed by atoms with van der Waals surface area (Å²) in [6.07, 6.45) is 5.10. The maximum atomic E-state index is 13.2. The van der Waals surface area contributed by atoms with Crippen LogP contribution in [-0.2, 0) is 0 Å². The Morgan fingerprint density at radius 2 is 1.76 bits per heavy atom. The minimum Gasteiger partial charge on any atom is -0.478 e. The maximum Gasteiger partial charge on any atom is 0.336 e. The molecule has 0 spiro atoms. The molecule has 0 aliphatic rings. The second kappa shape index (κ2) is 6.36. The van der Waals surface area contributed by atoms with Gasteiger partial charge in [-0.15, -0.1) is 0 Å². The fourth-order valence-corrected chi connectivity index (χ4v) is 3.00. The Bertz CT molecular complexity index is 973. The Balaban J connectivity index is 2.17. The quantitative estimate of drug-likeness (QED) is 0.738. The van der Waals surface area contributed by atoms with Crippen LogP contribution < -0.4 is 0 Å². The first-order valence-corrected chi connectivity index (χ1v) is 7.86. The number of carboxylic acid groups (broad SMARTS) is 1. The van der Waals surface area contributed by atoms with Gasteiger partial charge in [0.05, 0.1) is 11.9 Å². The molecule has 0 radical (unpaired) electrons. The van der Waals surface area contributed by atoms with Crippen molar-refractivity contribution in [2.45, 2.75) is 20.8 Å². The number of hydrogen-bond acceptors (Lipinski definition) is 3. The minimum atomic E-state index is -1.10. The van der Waals surface area contributed by atoms with Crippen LogP contribution in [0.15, 0.2) is 49.1 Å². The number of aromatic nitrogens is 2. The monoisotopic (exact) mass is 334 g/mol. The Hall–Kier alpha value is -3.21. The van der Waals surface area contributed by atoms with Gasteiger partial charge in [-0.1, -0.05) is 12.1 Å². The van der Waals surface area contributed by atoms with Crippen LogP contribution in [0.3, 0.4) is 0 Å². The second-order valence-electron chi connectivity index (χ2n) is 6.11. The molecule has 0 atom stereocenters. The number of rotatable bonds is 4. The van der Waals surface area contributed by atoms with Crippen molar-refractivity contribution in [3.8, 4) is 5.69 Å². The van der Waals surface area contributed by atoms with Crippen LogP contribution in [0.1, 0.15) is 43.0 Å². The number of hydrogen-bond donors (Lipinski definition) is 1. The number of nitrogens with zero attached hydrogens (tertiary/aromatic N) is 2. The van der Waals surface area contributed by atoms with E-state index in [-0.39, 0.29) is 16.9 Å². The van der Waals surface area contributed by atoms with Gasteiger partial charge in [-0.2, -0.15) is 0 Å². The summed E-state index contributed by atoms with van der Waals surface area (Å²) in [6.45, 7) is 5.43. The zero-order chi connectivity index (χ0) is 18.1. The fraction of sp³-hybridized carbons (Fsp3) is 0.150. The third-order valence-corrected chi connectivity index (χ3v) is 4.21. The Morgan fingerprint density at radius 1 is 1.00 bits per heavy atom. The van der Waals surface area contributed by atoms with Crippen molar-refractivity contribution in [3.05, 3.63) is 82.4 Å². The first kappa shape index (κ1) is 16.6. The third kappa shape index (κ3) is 3.08. The molecular formula is C20H18N2O3. The molecule has 0 saturated heterocycles. The van der Waals surface area contributed by atoms with Gasteiger partial charge < -0.3 is 9.67 Å². The zero-order valence-corrected chi connectivity index (χ0v) is 14.3. The normalized spacial score (nSPS) is 10.7. The van der Waals surface area contributed by atoms with Crippen molar-refractivity contribution >= 4 is 11.8 Å². The standard InChI is InChI=1S/C20H18N2O3/c1-12-8-14(3)18(17(9-12)20(24)25)19(23)16-10-15(5-4-13(16)2)22-7-6-21-11-22/h4-11H,1-3H3,(H,24,25). The van der Waals surface area contributed by atoms with Crippen molar-refractivity contribution in [2.24, 2.45) is 0 Å². The van der Waals surface area contributed by atoms with Crippen molar-refractivity contribution in [2.75, 3.05) is 0 Å². The van der Waals surface area contributed by atoms with Gasteiger partial charge in [-0.05, 0) is 55.7 Å². The van der Waals surface area contributed by atoms with E-state index in [2.05, 4.69) is 4.98 Å². The smallest absolute Gasteiger partial charge is 0.336 e. The van der Waals surface area contributed by atoms with Crippen molar-refractivity contribution in [3.63, 3.8) is 0 Å². The molecule has 0 saturated carbocycles. The van der Waals surface area contributed by atoms with Gasteiger partial charge in [-0.3, -0.25) is 4.79 Å². The number of benzene rings is 2. The molecule has 0 aliphatic heterocycles. The van der Waals surface area contributed by atoms with Gasteiger partial charge in [0.2, 0.25) is 0 Å². The molecule has 5 nitrogen and oxygen atoms in total. The highest BCUT2D eigenvalue weighted by molar-refractivity contribution is 6.16. The van der Waals surface area contributed by atoms with E-state index in [4.69, 9.17) is 0 Å². The molecule has 0 unspecified atom stereocenters. The molecule has 2 aromatic carbocycles. The van der Waals surface area contributed by atoms with Crippen molar-refractivity contribution in [1.29, 1.82) is 0 Å². The number of imidazole rings is 1. The molecule has 25 heavy (non-hydrogen) atoms. The summed E-state index contributed by atoms with van der Waals surface area (Å²) in [5.41, 5.74) is 3.84. The summed E-state index contributed by atoms with van der Waals surface area (Å²) in [7, 11) is 0. The van der Waals surface area contributed by atoms with Crippen LogP contribution in [0.25, 0.3) is 5.69 Å². The topological polar surface area (TPSA) is 72.2 Å². The first-order chi connectivity index (χ1) is 11.9. The summed E-state index contributed by atoms with van der Waals surface area (Å²) >= 11 is 0. The highest BCUT2D eigenvalue weighted by Gasteiger charge is 2.22. The molecule has 5 heteroatoms. The van der Waals surface area contributed by atoms with Crippen LogP contribution in [0.2, 0.25) is 0 Å². The van der Waals surface area contributed by atoms with Crippen LogP contribution in [-0.4, -0.2) is 26.4 Å². The van der Waals surface area contributed by atoms with Crippen LogP contribution in [0.4, 0.5) is 0 Å². The predicted octanol–water partition coefficient (Wildman–Crippen LogP) is 3.73. The molecule has 0 aliphatic carbocycles. The Morgan fingerprint density at radius 3 is 2.40 bits per heavy atom. The SMILES string of the molecule is Cc1cc(C)c(C(=O)c2cc(-n3ccnc3)ccc2C)c(C(=O)O)c1. The highest BCUT2D eigenvalue weighted by atomic mass is 16.4. The summed E-state index contributed by atoms with van der Waals surface area (Å²) < 4.78 is 1.80. The number of carbonyl (C=O) groups excluding carboxylic acids is 1. The molecule has 0 bridgehead atoms. The van der Waals surface area contributed by atoms with Crippen LogP contribution in [0, 0.1) is 20.8 Å². The molecule has 3 rings (SSSR count). The van der Waals surface area contributed by atoms with E-state index < -0.39 is 5.97 Å². The molecular weight excluding hydrogens is 316 g/mol. The molecule has 126 valence electrons. The van der Waals surface area contributed by atoms with E-state index >= 15 is 0 Å². The van der Waals surface area contributed by atoms with Crippen molar-refractivity contribution < 1.29 is 14.7 Å². The van der Waals surface area contributed by atoms with E-state index in [0.29, 0.717) is 11.1 Å². The largest absolute Gasteiger partial charge is 0.478 e. The van der Waals surface area contributed by atoms with E-state index in [1.165, 1.54) is 6.07 Å². The molecule has 0 amide bonds. The van der Waals surface area contributed by atoms with E-state index in [0.717, 1.165) is 16.8 Å². The van der Waals surface area contributed by atoms with Gasteiger partial charge in [0.25, 0.3) is 0 Å². The summed E-state index contributed by atoms with van der Waals surface area (Å²) in [5.74, 6) is -1.38. The first-order valence-electron chi connectivity index (χ1n) is 7.86. The van der Waals surface area contributed by atoms with Gasteiger partial charge >= 0.3 is 5.97 Å². The van der Waals surface area contributed by atoms with E-state index in [9.17, 15) is 14.7 Å². The summed E-state index contributed by atoms with van der Waals surface area (Å²) in [5, 5.41) is 9.52. The summed E-state index contributed by atoms with van der Waals surface area (Å²) in [4.78, 5) is 28.8. The molecule has 1 aromatic heterocycles. The fourth-order valence-electron chi connectivity index (χ4n) is 3.00. The maximum absolute atomic E-state index is 13.2. The minimum absolute atomic E-state index is 0.0370. The molecule has 3 aromatic rings.